The van der Waals surface area contributed by atoms with E-state index in [1.807, 2.05) is 30.5 Å². The quantitative estimate of drug-likeness (QED) is 0.683. The second-order valence-electron chi connectivity index (χ2n) is 8.80. The second kappa shape index (κ2) is 9.19. The number of fused-ring (bicyclic) bond motifs is 2. The van der Waals surface area contributed by atoms with Crippen molar-refractivity contribution in [3.8, 4) is 11.1 Å². The van der Waals surface area contributed by atoms with Gasteiger partial charge in [-0.15, -0.1) is 11.8 Å². The molecule has 5 rings (SSSR count). The summed E-state index contributed by atoms with van der Waals surface area (Å²) in [4.78, 5) is 44.2. The average Bonchev–Trinajstić information content (AvgIpc) is 2.98. The van der Waals surface area contributed by atoms with Gasteiger partial charge in [-0.05, 0) is 67.6 Å². The van der Waals surface area contributed by atoms with Gasteiger partial charge in [0.1, 0.15) is 6.04 Å². The van der Waals surface area contributed by atoms with Crippen LogP contribution in [0.5, 0.6) is 0 Å². The average molecular weight is 465 g/mol. The molecule has 7 nitrogen and oxygen atoms in total. The van der Waals surface area contributed by atoms with Gasteiger partial charge < -0.3 is 20.4 Å². The Labute approximate surface area is 197 Å². The van der Waals surface area contributed by atoms with E-state index in [1.165, 1.54) is 4.90 Å². The smallest absolute Gasteiger partial charge is 0.256 e. The molecule has 3 heterocycles. The summed E-state index contributed by atoms with van der Waals surface area (Å²) >= 11 is 1.68. The molecule has 2 saturated heterocycles. The molecule has 2 aromatic carbocycles. The molecule has 2 fully saturated rings. The Kier molecular flexibility index (Phi) is 6.12. The van der Waals surface area contributed by atoms with Crippen molar-refractivity contribution in [1.82, 2.24) is 15.1 Å². The number of carbonyl (C=O) groups is 3. The lowest BCUT2D eigenvalue weighted by molar-refractivity contribution is -0.140. The standard InChI is InChI=1S/C25H28N4O3S/c1-33-19-5-2-16(3-6-19)18-4-7-21-20(14-18)25(32)29-13-12-28(15-22(29)23(30)27-21)24(31)17-8-10-26-11-9-17/h2-7,14,17,22,26H,8-13,15H2,1H3,(H,27,30). The molecule has 1 atom stereocenters. The summed E-state index contributed by atoms with van der Waals surface area (Å²) in [6.45, 7) is 2.76. The van der Waals surface area contributed by atoms with Gasteiger partial charge in [-0.3, -0.25) is 14.4 Å². The van der Waals surface area contributed by atoms with Crippen LogP contribution >= 0.6 is 11.8 Å². The van der Waals surface area contributed by atoms with Crippen molar-refractivity contribution in [2.24, 2.45) is 5.92 Å². The molecule has 2 N–H and O–H groups in total. The first-order chi connectivity index (χ1) is 16.0. The number of piperidine rings is 1. The van der Waals surface area contributed by atoms with Crippen LogP contribution < -0.4 is 10.6 Å². The first kappa shape index (κ1) is 22.0. The summed E-state index contributed by atoms with van der Waals surface area (Å²) in [7, 11) is 0. The molecule has 3 aliphatic heterocycles. The number of nitrogens with zero attached hydrogens (tertiary/aromatic N) is 2. The molecule has 0 bridgehead atoms. The van der Waals surface area contributed by atoms with E-state index in [0.29, 0.717) is 24.3 Å². The maximum Gasteiger partial charge on any atom is 0.256 e. The van der Waals surface area contributed by atoms with Gasteiger partial charge in [-0.25, -0.2) is 0 Å². The van der Waals surface area contributed by atoms with Crippen LogP contribution in [0.25, 0.3) is 11.1 Å². The largest absolute Gasteiger partial charge is 0.338 e. The Morgan fingerprint density at radius 3 is 2.45 bits per heavy atom. The molecule has 172 valence electrons. The number of rotatable bonds is 3. The van der Waals surface area contributed by atoms with Crippen LogP contribution in [0.1, 0.15) is 23.2 Å². The third kappa shape index (κ3) is 4.25. The lowest BCUT2D eigenvalue weighted by Gasteiger charge is -2.41. The van der Waals surface area contributed by atoms with Crippen molar-refractivity contribution >= 4 is 35.2 Å². The predicted molar refractivity (Wildman–Crippen MR) is 129 cm³/mol. The van der Waals surface area contributed by atoms with Gasteiger partial charge in [0.15, 0.2) is 0 Å². The van der Waals surface area contributed by atoms with E-state index in [-0.39, 0.29) is 30.2 Å². The Bertz CT molecular complexity index is 1080. The number of piperazine rings is 1. The SMILES string of the molecule is CSc1ccc(-c2ccc3c(c2)C(=O)N2CCN(C(=O)C4CCNCC4)CC2C(=O)N3)cc1. The van der Waals surface area contributed by atoms with Gasteiger partial charge in [-0.2, -0.15) is 0 Å². The van der Waals surface area contributed by atoms with Crippen LogP contribution in [0.2, 0.25) is 0 Å². The van der Waals surface area contributed by atoms with Gasteiger partial charge in [0, 0.05) is 23.9 Å². The maximum absolute atomic E-state index is 13.5. The Morgan fingerprint density at radius 2 is 1.73 bits per heavy atom. The molecule has 1 unspecified atom stereocenters. The normalized spacial score (nSPS) is 21.2. The highest BCUT2D eigenvalue weighted by Gasteiger charge is 2.41. The van der Waals surface area contributed by atoms with E-state index in [4.69, 9.17) is 0 Å². The highest BCUT2D eigenvalue weighted by Crippen LogP contribution is 2.31. The maximum atomic E-state index is 13.5. The van der Waals surface area contributed by atoms with E-state index < -0.39 is 6.04 Å². The number of anilines is 1. The fraction of sp³-hybridized carbons (Fsp3) is 0.400. The van der Waals surface area contributed by atoms with Crippen LogP contribution in [0.3, 0.4) is 0 Å². The molecule has 8 heteroatoms. The fourth-order valence-corrected chi connectivity index (χ4v) is 5.35. The number of hydrogen-bond donors (Lipinski definition) is 2. The Balaban J connectivity index is 1.38. The van der Waals surface area contributed by atoms with Crippen molar-refractivity contribution in [3.05, 3.63) is 48.0 Å². The minimum atomic E-state index is -0.673. The third-order valence-electron chi connectivity index (χ3n) is 6.88. The third-order valence-corrected chi connectivity index (χ3v) is 7.62. The number of carbonyl (C=O) groups excluding carboxylic acids is 3. The van der Waals surface area contributed by atoms with Crippen LogP contribution in [0.4, 0.5) is 5.69 Å². The van der Waals surface area contributed by atoms with Gasteiger partial charge in [0.25, 0.3) is 5.91 Å². The molecule has 0 radical (unpaired) electrons. The lowest BCUT2D eigenvalue weighted by Crippen LogP contribution is -2.60. The number of hydrogen-bond acceptors (Lipinski definition) is 5. The zero-order valence-electron chi connectivity index (χ0n) is 18.7. The highest BCUT2D eigenvalue weighted by atomic mass is 32.2. The molecular weight excluding hydrogens is 436 g/mol. The molecule has 3 amide bonds. The summed E-state index contributed by atoms with van der Waals surface area (Å²) in [5, 5.41) is 6.22. The highest BCUT2D eigenvalue weighted by molar-refractivity contribution is 7.98. The number of benzene rings is 2. The van der Waals surface area contributed by atoms with E-state index >= 15 is 0 Å². The van der Waals surface area contributed by atoms with Gasteiger partial charge in [0.05, 0.1) is 17.8 Å². The predicted octanol–water partition coefficient (Wildman–Crippen LogP) is 2.68. The molecule has 3 aliphatic rings. The minimum Gasteiger partial charge on any atom is -0.338 e. The van der Waals surface area contributed by atoms with Crippen LogP contribution in [0, 0.1) is 5.92 Å². The molecule has 0 aliphatic carbocycles. The summed E-state index contributed by atoms with van der Waals surface area (Å²) < 4.78 is 0. The zero-order chi connectivity index (χ0) is 22.9. The molecule has 33 heavy (non-hydrogen) atoms. The van der Waals surface area contributed by atoms with Gasteiger partial charge in [-0.1, -0.05) is 18.2 Å². The zero-order valence-corrected chi connectivity index (χ0v) is 19.5. The fourth-order valence-electron chi connectivity index (χ4n) is 4.94. The Hall–Kier alpha value is -2.84. The van der Waals surface area contributed by atoms with Crippen LogP contribution in [-0.2, 0) is 9.59 Å². The summed E-state index contributed by atoms with van der Waals surface area (Å²) in [6.07, 6.45) is 3.68. The topological polar surface area (TPSA) is 81.8 Å². The summed E-state index contributed by atoms with van der Waals surface area (Å²) in [5.41, 5.74) is 2.98. The first-order valence-corrected chi connectivity index (χ1v) is 12.7. The summed E-state index contributed by atoms with van der Waals surface area (Å²) in [5.74, 6) is -0.291. The molecule has 0 spiro atoms. The van der Waals surface area contributed by atoms with Crippen molar-refractivity contribution in [3.63, 3.8) is 0 Å². The molecule has 0 saturated carbocycles. The Morgan fingerprint density at radius 1 is 1.00 bits per heavy atom. The number of thioether (sulfide) groups is 1. The first-order valence-electron chi connectivity index (χ1n) is 11.4. The van der Waals surface area contributed by atoms with E-state index in [0.717, 1.165) is 37.1 Å². The monoisotopic (exact) mass is 464 g/mol. The number of amides is 3. The molecular formula is C25H28N4O3S. The van der Waals surface area contributed by atoms with Crippen LogP contribution in [-0.4, -0.2) is 72.5 Å². The second-order valence-corrected chi connectivity index (χ2v) is 9.68. The number of nitrogens with one attached hydrogen (secondary N) is 2. The molecule has 0 aromatic heterocycles. The van der Waals surface area contributed by atoms with Gasteiger partial charge >= 0.3 is 0 Å². The van der Waals surface area contributed by atoms with Crippen molar-refractivity contribution in [1.29, 1.82) is 0 Å². The van der Waals surface area contributed by atoms with Crippen LogP contribution in [0.15, 0.2) is 47.4 Å². The van der Waals surface area contributed by atoms with Crippen molar-refractivity contribution in [2.45, 2.75) is 23.8 Å². The lowest BCUT2D eigenvalue weighted by atomic mass is 9.95. The van der Waals surface area contributed by atoms with E-state index in [9.17, 15) is 14.4 Å². The minimum absolute atomic E-state index is 0.000377. The van der Waals surface area contributed by atoms with Crippen molar-refractivity contribution in [2.75, 3.05) is 44.3 Å². The molecule has 2 aromatic rings. The van der Waals surface area contributed by atoms with Crippen molar-refractivity contribution < 1.29 is 14.4 Å². The van der Waals surface area contributed by atoms with E-state index in [2.05, 4.69) is 22.8 Å². The van der Waals surface area contributed by atoms with E-state index in [1.54, 1.807) is 27.6 Å². The van der Waals surface area contributed by atoms with Gasteiger partial charge in [0.2, 0.25) is 11.8 Å². The summed E-state index contributed by atoms with van der Waals surface area (Å²) in [6, 6.07) is 13.1.